The van der Waals surface area contributed by atoms with Crippen LogP contribution in [0.4, 0.5) is 11.4 Å². The van der Waals surface area contributed by atoms with Gasteiger partial charge >= 0.3 is 0 Å². The van der Waals surface area contributed by atoms with E-state index in [9.17, 15) is 9.90 Å². The molecule has 3 N–H and O–H groups in total. The fourth-order valence-corrected chi connectivity index (χ4v) is 3.96. The molecule has 0 aliphatic carbocycles. The highest BCUT2D eigenvalue weighted by Crippen LogP contribution is 2.44. The number of hydrazone groups is 1. The molecule has 0 unspecified atom stereocenters. The molecule has 1 heterocycles. The number of carbonyl (C=O) groups excluding carboxylic acids is 1. The van der Waals surface area contributed by atoms with Gasteiger partial charge < -0.3 is 10.4 Å². The number of phenols is 1. The lowest BCUT2D eigenvalue weighted by atomic mass is 10.1. The van der Waals surface area contributed by atoms with Gasteiger partial charge in [-0.25, -0.2) is 5.43 Å². The average molecular weight is 410 g/mol. The molecular weight excluding hydrogens is 394 g/mol. The van der Waals surface area contributed by atoms with Crippen LogP contribution in [0.5, 0.6) is 5.75 Å². The number of fused-ring (bicyclic) bond motifs is 2. The van der Waals surface area contributed by atoms with Crippen molar-refractivity contribution < 1.29 is 9.90 Å². The Bertz CT molecular complexity index is 1110. The van der Waals surface area contributed by atoms with Crippen LogP contribution in [-0.4, -0.2) is 16.7 Å². The zero-order chi connectivity index (χ0) is 19.7. The van der Waals surface area contributed by atoms with Crippen LogP contribution >= 0.6 is 23.4 Å². The Morgan fingerprint density at radius 2 is 1.86 bits per heavy atom. The number of para-hydroxylation sites is 1. The summed E-state index contributed by atoms with van der Waals surface area (Å²) in [5, 5.41) is 17.8. The Labute approximate surface area is 171 Å². The number of halogens is 1. The molecule has 0 saturated carbocycles. The number of nitrogens with one attached hydrogen (secondary N) is 2. The van der Waals surface area contributed by atoms with Crippen molar-refractivity contribution >= 4 is 46.4 Å². The number of hydrogen-bond donors (Lipinski definition) is 3. The van der Waals surface area contributed by atoms with E-state index >= 15 is 0 Å². The number of amides is 1. The van der Waals surface area contributed by atoms with Crippen molar-refractivity contribution in [3.8, 4) is 5.75 Å². The van der Waals surface area contributed by atoms with Crippen LogP contribution in [0.2, 0.25) is 5.02 Å². The summed E-state index contributed by atoms with van der Waals surface area (Å²) in [6, 6.07) is 18.4. The van der Waals surface area contributed by atoms with Crippen LogP contribution in [-0.2, 0) is 0 Å². The molecule has 0 spiro atoms. The number of phenolic OH excluding ortho intramolecular Hbond substituents is 1. The van der Waals surface area contributed by atoms with Gasteiger partial charge in [0.2, 0.25) is 0 Å². The molecule has 3 aromatic carbocycles. The van der Waals surface area contributed by atoms with Crippen LogP contribution in [0.15, 0.2) is 75.6 Å². The molecule has 1 aliphatic rings. The molecule has 1 aliphatic heterocycles. The summed E-state index contributed by atoms with van der Waals surface area (Å²) in [7, 11) is 0. The zero-order valence-electron chi connectivity index (χ0n) is 14.9. The maximum atomic E-state index is 12.2. The molecular formula is C21H16ClN3O2S. The average Bonchev–Trinajstić information content (AvgIpc) is 2.69. The lowest BCUT2D eigenvalue weighted by Gasteiger charge is -2.21. The third-order valence-corrected chi connectivity index (χ3v) is 5.69. The molecule has 0 saturated heterocycles. The molecule has 0 aromatic heterocycles. The van der Waals surface area contributed by atoms with Crippen molar-refractivity contribution in [2.24, 2.45) is 5.10 Å². The second-order valence-corrected chi connectivity index (χ2v) is 7.75. The van der Waals surface area contributed by atoms with Gasteiger partial charge in [-0.2, -0.15) is 5.10 Å². The Balaban J connectivity index is 1.52. The summed E-state index contributed by atoms with van der Waals surface area (Å²) in [4.78, 5) is 14.6. The van der Waals surface area contributed by atoms with Crippen LogP contribution in [0.1, 0.15) is 22.8 Å². The lowest BCUT2D eigenvalue weighted by molar-refractivity contribution is 0.0952. The van der Waals surface area contributed by atoms with Crippen molar-refractivity contribution in [3.05, 3.63) is 76.8 Å². The lowest BCUT2D eigenvalue weighted by Crippen LogP contribution is -2.19. The van der Waals surface area contributed by atoms with Gasteiger partial charge in [-0.3, -0.25) is 4.79 Å². The van der Waals surface area contributed by atoms with E-state index in [-0.39, 0.29) is 11.3 Å². The van der Waals surface area contributed by atoms with Gasteiger partial charge in [0.25, 0.3) is 5.91 Å². The second-order valence-electron chi connectivity index (χ2n) is 6.23. The van der Waals surface area contributed by atoms with E-state index in [1.165, 1.54) is 23.1 Å². The number of nitrogens with zero attached hydrogens (tertiary/aromatic N) is 1. The highest BCUT2D eigenvalue weighted by Gasteiger charge is 2.16. The zero-order valence-corrected chi connectivity index (χ0v) is 16.4. The number of hydrogen-bond acceptors (Lipinski definition) is 5. The summed E-state index contributed by atoms with van der Waals surface area (Å²) in [6.07, 6.45) is 0. The maximum Gasteiger partial charge on any atom is 0.275 e. The minimum atomic E-state index is -0.505. The molecule has 1 amide bonds. The Hall–Kier alpha value is -2.96. The van der Waals surface area contributed by atoms with Crippen LogP contribution in [0.3, 0.4) is 0 Å². The van der Waals surface area contributed by atoms with Crippen molar-refractivity contribution in [2.45, 2.75) is 16.7 Å². The van der Waals surface area contributed by atoms with Crippen molar-refractivity contribution in [1.29, 1.82) is 0 Å². The number of aromatic hydroxyl groups is 1. The number of rotatable bonds is 3. The molecule has 3 aromatic rings. The molecule has 0 radical (unpaired) electrons. The molecule has 28 heavy (non-hydrogen) atoms. The van der Waals surface area contributed by atoms with Gasteiger partial charge in [-0.15, -0.1) is 0 Å². The molecule has 7 heteroatoms. The van der Waals surface area contributed by atoms with E-state index < -0.39 is 5.91 Å². The van der Waals surface area contributed by atoms with Gasteiger partial charge in [0.05, 0.1) is 22.6 Å². The molecule has 4 rings (SSSR count). The van der Waals surface area contributed by atoms with Crippen molar-refractivity contribution in [1.82, 2.24) is 5.43 Å². The predicted molar refractivity (Wildman–Crippen MR) is 113 cm³/mol. The topological polar surface area (TPSA) is 73.7 Å². The number of anilines is 2. The first-order valence-electron chi connectivity index (χ1n) is 8.53. The fourth-order valence-electron chi connectivity index (χ4n) is 2.82. The van der Waals surface area contributed by atoms with Gasteiger partial charge in [0, 0.05) is 14.8 Å². The number of benzene rings is 3. The molecule has 0 fully saturated rings. The summed E-state index contributed by atoms with van der Waals surface area (Å²) < 4.78 is 0. The first kappa shape index (κ1) is 18.4. The molecule has 140 valence electrons. The highest BCUT2D eigenvalue weighted by molar-refractivity contribution is 7.99. The third kappa shape index (κ3) is 3.69. The monoisotopic (exact) mass is 409 g/mol. The van der Waals surface area contributed by atoms with Crippen molar-refractivity contribution in [2.75, 3.05) is 5.32 Å². The standard InChI is InChI=1S/C21H16ClN3O2S/c1-12(24-25-21(27)15-8-7-14(22)11-18(15)26)13-6-9-20-17(10-13)23-16-4-2-3-5-19(16)28-20/h2-11,23,26H,1H3,(H,25,27)/b24-12+. The minimum Gasteiger partial charge on any atom is -0.507 e. The first-order chi connectivity index (χ1) is 13.5. The van der Waals surface area contributed by atoms with Gasteiger partial charge in [-0.05, 0) is 55.0 Å². The Kier molecular flexibility index (Phi) is 4.98. The van der Waals surface area contributed by atoms with Crippen LogP contribution in [0.25, 0.3) is 0 Å². The van der Waals surface area contributed by atoms with Crippen LogP contribution < -0.4 is 10.7 Å². The van der Waals surface area contributed by atoms with E-state index in [1.54, 1.807) is 11.8 Å². The number of carbonyl (C=O) groups is 1. The van der Waals surface area contributed by atoms with E-state index in [4.69, 9.17) is 11.6 Å². The highest BCUT2D eigenvalue weighted by atomic mass is 35.5. The van der Waals surface area contributed by atoms with E-state index in [2.05, 4.69) is 21.9 Å². The van der Waals surface area contributed by atoms with E-state index in [0.29, 0.717) is 10.7 Å². The quantitative estimate of drug-likeness (QED) is 0.312. The summed E-state index contributed by atoms with van der Waals surface area (Å²) in [6.45, 7) is 1.81. The summed E-state index contributed by atoms with van der Waals surface area (Å²) in [5.41, 5.74) is 6.18. The van der Waals surface area contributed by atoms with Crippen molar-refractivity contribution in [3.63, 3.8) is 0 Å². The predicted octanol–water partition coefficient (Wildman–Crippen LogP) is 5.41. The molecule has 0 atom stereocenters. The second kappa shape index (κ2) is 7.58. The summed E-state index contributed by atoms with van der Waals surface area (Å²) >= 11 is 7.50. The van der Waals surface area contributed by atoms with Gasteiger partial charge in [0.1, 0.15) is 5.75 Å². The van der Waals surface area contributed by atoms with E-state index in [1.807, 2.05) is 43.3 Å². The fraction of sp³-hybridized carbons (Fsp3) is 0.0476. The molecule has 0 bridgehead atoms. The first-order valence-corrected chi connectivity index (χ1v) is 9.72. The minimum absolute atomic E-state index is 0.112. The Morgan fingerprint density at radius 3 is 2.68 bits per heavy atom. The van der Waals surface area contributed by atoms with Gasteiger partial charge in [-0.1, -0.05) is 41.6 Å². The molecule has 5 nitrogen and oxygen atoms in total. The van der Waals surface area contributed by atoms with Crippen LogP contribution in [0, 0.1) is 0 Å². The maximum absolute atomic E-state index is 12.2. The largest absolute Gasteiger partial charge is 0.507 e. The Morgan fingerprint density at radius 1 is 1.07 bits per heavy atom. The van der Waals surface area contributed by atoms with E-state index in [0.717, 1.165) is 21.8 Å². The third-order valence-electron chi connectivity index (χ3n) is 4.30. The van der Waals surface area contributed by atoms with Gasteiger partial charge in [0.15, 0.2) is 0 Å². The SMILES string of the molecule is C/C(=N\NC(=O)c1ccc(Cl)cc1O)c1ccc2c(c1)Nc1ccccc1S2. The summed E-state index contributed by atoms with van der Waals surface area (Å²) in [5.74, 6) is -0.694. The normalized spacial score (nSPS) is 12.6. The smallest absolute Gasteiger partial charge is 0.275 e.